The number of anilines is 4. The number of benzene rings is 3. The maximum absolute atomic E-state index is 13.4. The molecule has 4 aromatic rings. The van der Waals surface area contributed by atoms with Gasteiger partial charge in [-0.2, -0.15) is 0 Å². The van der Waals surface area contributed by atoms with Crippen molar-refractivity contribution >= 4 is 58.1 Å². The van der Waals surface area contributed by atoms with Gasteiger partial charge in [-0.3, -0.25) is 19.3 Å². The van der Waals surface area contributed by atoms with Crippen molar-refractivity contribution in [3.05, 3.63) is 106 Å². The first kappa shape index (κ1) is 30.8. The van der Waals surface area contributed by atoms with E-state index in [2.05, 4.69) is 16.0 Å². The number of carboxylic acids is 1. The predicted octanol–water partition coefficient (Wildman–Crippen LogP) is 5.15. The van der Waals surface area contributed by atoms with Crippen LogP contribution in [0.25, 0.3) is 11.6 Å². The van der Waals surface area contributed by atoms with Crippen LogP contribution in [0, 0.1) is 20.8 Å². The number of para-hydroxylation sites is 1. The molecule has 1 aromatic heterocycles. The molecule has 3 aromatic carbocycles. The summed E-state index contributed by atoms with van der Waals surface area (Å²) in [5.74, 6) is -2.44. The molecular weight excluding hydrogens is 572 g/mol. The molecule has 1 atom stereocenters. The number of nitrogens with two attached hydrogens (primary N) is 1. The normalized spacial score (nSPS) is 13.8. The SMILES string of the molecule is Cc1ccc(NC(=O)c2ccccc2)cc1Nc1cccc2c1NC(=O)C2=Cc1c(C)c(C(=O)O)c(C)n1C(C(N)=O)N(C)C. The van der Waals surface area contributed by atoms with Crippen molar-refractivity contribution in [2.75, 3.05) is 30.0 Å². The predicted molar refractivity (Wildman–Crippen MR) is 175 cm³/mol. The molecule has 6 N–H and O–H groups in total. The molecular formula is C34H34N6O5. The number of carbonyl (C=O) groups is 4. The van der Waals surface area contributed by atoms with Gasteiger partial charge >= 0.3 is 5.97 Å². The molecule has 1 aliphatic heterocycles. The summed E-state index contributed by atoms with van der Waals surface area (Å²) in [5, 5.41) is 19.2. The highest BCUT2D eigenvalue weighted by Crippen LogP contribution is 2.41. The summed E-state index contributed by atoms with van der Waals surface area (Å²) in [6, 6.07) is 19.9. The molecule has 0 fully saturated rings. The minimum absolute atomic E-state index is 0.0405. The molecule has 1 aliphatic rings. The number of hydrogen-bond acceptors (Lipinski definition) is 6. The number of aromatic nitrogens is 1. The van der Waals surface area contributed by atoms with E-state index >= 15 is 0 Å². The number of carboxylic acid groups (broad SMARTS) is 1. The van der Waals surface area contributed by atoms with E-state index in [1.165, 1.54) is 0 Å². The van der Waals surface area contributed by atoms with Gasteiger partial charge < -0.3 is 31.4 Å². The molecule has 230 valence electrons. The topological polar surface area (TPSA) is 159 Å². The summed E-state index contributed by atoms with van der Waals surface area (Å²) in [6.07, 6.45) is 0.614. The van der Waals surface area contributed by atoms with Gasteiger partial charge in [-0.1, -0.05) is 36.4 Å². The number of aromatic carboxylic acids is 1. The van der Waals surface area contributed by atoms with E-state index in [1.807, 2.05) is 37.3 Å². The number of likely N-dealkylation sites (N-methyl/N-ethyl adjacent to an activating group) is 1. The van der Waals surface area contributed by atoms with Crippen LogP contribution in [0.5, 0.6) is 0 Å². The number of hydrogen-bond donors (Lipinski definition) is 5. The number of nitrogens with zero attached hydrogens (tertiary/aromatic N) is 2. The molecule has 0 aliphatic carbocycles. The van der Waals surface area contributed by atoms with Gasteiger partial charge in [0.2, 0.25) is 0 Å². The van der Waals surface area contributed by atoms with Crippen molar-refractivity contribution < 1.29 is 24.3 Å². The number of carbonyl (C=O) groups excluding carboxylic acids is 3. The first-order valence-corrected chi connectivity index (χ1v) is 14.2. The lowest BCUT2D eigenvalue weighted by atomic mass is 10.0. The number of fused-ring (bicyclic) bond motifs is 1. The summed E-state index contributed by atoms with van der Waals surface area (Å²) in [7, 11) is 3.34. The summed E-state index contributed by atoms with van der Waals surface area (Å²) in [5.41, 5.74) is 11.7. The van der Waals surface area contributed by atoms with Crippen LogP contribution in [-0.2, 0) is 9.59 Å². The van der Waals surface area contributed by atoms with Crippen molar-refractivity contribution in [1.29, 1.82) is 0 Å². The van der Waals surface area contributed by atoms with Gasteiger partial charge in [0.05, 0.1) is 22.5 Å². The first-order chi connectivity index (χ1) is 21.4. The third kappa shape index (κ3) is 5.80. The molecule has 0 bridgehead atoms. The van der Waals surface area contributed by atoms with Gasteiger partial charge in [0, 0.05) is 33.9 Å². The van der Waals surface area contributed by atoms with Crippen LogP contribution >= 0.6 is 0 Å². The zero-order valence-electron chi connectivity index (χ0n) is 25.6. The van der Waals surface area contributed by atoms with Gasteiger partial charge in [-0.25, -0.2) is 4.79 Å². The van der Waals surface area contributed by atoms with Crippen LogP contribution in [0.1, 0.15) is 55.0 Å². The Morgan fingerprint density at radius 3 is 2.33 bits per heavy atom. The lowest BCUT2D eigenvalue weighted by molar-refractivity contribution is -0.125. The fourth-order valence-electron chi connectivity index (χ4n) is 5.67. The average molecular weight is 607 g/mol. The number of amides is 3. The molecule has 3 amide bonds. The maximum Gasteiger partial charge on any atom is 0.337 e. The molecule has 45 heavy (non-hydrogen) atoms. The van der Waals surface area contributed by atoms with Gasteiger partial charge in [-0.05, 0) is 82.4 Å². The summed E-state index contributed by atoms with van der Waals surface area (Å²) in [6.45, 7) is 5.18. The van der Waals surface area contributed by atoms with Gasteiger partial charge in [0.1, 0.15) is 0 Å². The second kappa shape index (κ2) is 12.1. The quantitative estimate of drug-likeness (QED) is 0.165. The van der Waals surface area contributed by atoms with Crippen LogP contribution in [0.2, 0.25) is 0 Å². The van der Waals surface area contributed by atoms with Crippen LogP contribution < -0.4 is 21.7 Å². The molecule has 5 rings (SSSR count). The monoisotopic (exact) mass is 606 g/mol. The van der Waals surface area contributed by atoms with E-state index in [4.69, 9.17) is 5.73 Å². The number of rotatable bonds is 9. The highest BCUT2D eigenvalue weighted by Gasteiger charge is 2.32. The van der Waals surface area contributed by atoms with Crippen molar-refractivity contribution in [3.63, 3.8) is 0 Å². The molecule has 1 unspecified atom stereocenters. The number of primary amides is 1. The fraction of sp³-hybridized carbons (Fsp3) is 0.176. The van der Waals surface area contributed by atoms with Gasteiger partial charge in [0.25, 0.3) is 17.7 Å². The van der Waals surface area contributed by atoms with E-state index in [1.54, 1.807) is 79.9 Å². The van der Waals surface area contributed by atoms with E-state index in [0.29, 0.717) is 50.7 Å². The second-order valence-electron chi connectivity index (χ2n) is 11.1. The minimum Gasteiger partial charge on any atom is -0.478 e. The molecule has 11 heteroatoms. The summed E-state index contributed by atoms with van der Waals surface area (Å²) in [4.78, 5) is 52.4. The molecule has 0 spiro atoms. The van der Waals surface area contributed by atoms with E-state index in [0.717, 1.165) is 11.3 Å². The van der Waals surface area contributed by atoms with Crippen molar-refractivity contribution in [1.82, 2.24) is 9.47 Å². The Morgan fingerprint density at radius 2 is 1.69 bits per heavy atom. The average Bonchev–Trinajstić information content (AvgIpc) is 3.43. The fourth-order valence-corrected chi connectivity index (χ4v) is 5.67. The van der Waals surface area contributed by atoms with Crippen molar-refractivity contribution in [2.45, 2.75) is 26.9 Å². The van der Waals surface area contributed by atoms with Crippen LogP contribution in [0.3, 0.4) is 0 Å². The zero-order valence-corrected chi connectivity index (χ0v) is 25.6. The summed E-state index contributed by atoms with van der Waals surface area (Å²) < 4.78 is 1.56. The Labute approximate surface area is 260 Å². The Morgan fingerprint density at radius 1 is 0.978 bits per heavy atom. The van der Waals surface area contributed by atoms with E-state index < -0.39 is 18.0 Å². The van der Waals surface area contributed by atoms with Crippen LogP contribution in [-0.4, -0.2) is 52.4 Å². The highest BCUT2D eigenvalue weighted by molar-refractivity contribution is 6.36. The minimum atomic E-state index is -1.15. The Kier molecular flexibility index (Phi) is 8.30. The smallest absolute Gasteiger partial charge is 0.337 e. The maximum atomic E-state index is 13.4. The van der Waals surface area contributed by atoms with Gasteiger partial charge in [0.15, 0.2) is 6.17 Å². The number of aryl methyl sites for hydroxylation is 1. The van der Waals surface area contributed by atoms with Crippen molar-refractivity contribution in [2.24, 2.45) is 5.73 Å². The Balaban J connectivity index is 1.54. The Bertz CT molecular complexity index is 1890. The number of nitrogens with one attached hydrogen (secondary N) is 3. The molecule has 0 saturated carbocycles. The molecule has 0 saturated heterocycles. The third-order valence-electron chi connectivity index (χ3n) is 7.86. The van der Waals surface area contributed by atoms with Gasteiger partial charge in [-0.15, -0.1) is 0 Å². The lowest BCUT2D eigenvalue weighted by Gasteiger charge is -2.26. The van der Waals surface area contributed by atoms with Crippen LogP contribution in [0.15, 0.2) is 66.7 Å². The molecule has 11 nitrogen and oxygen atoms in total. The Hall–Kier alpha value is -5.68. The highest BCUT2D eigenvalue weighted by atomic mass is 16.4. The first-order valence-electron chi connectivity index (χ1n) is 14.2. The lowest BCUT2D eigenvalue weighted by Crippen LogP contribution is -2.38. The standard InChI is InChI=1S/C34H34N6O5/c1-18-14-15-22(36-31(42)21-10-7-6-8-11-21)16-26(18)37-25-13-9-12-23-24(32(43)38-29(23)25)17-27-19(2)28(34(44)45)20(3)40(27)33(30(35)41)39(4)5/h6-17,33,37H,1-5H3,(H2,35,41)(H,36,42)(H,38,43)(H,44,45). The van der Waals surface area contributed by atoms with Crippen LogP contribution in [0.4, 0.5) is 22.7 Å². The van der Waals surface area contributed by atoms with E-state index in [9.17, 15) is 24.3 Å². The second-order valence-corrected chi connectivity index (χ2v) is 11.1. The van der Waals surface area contributed by atoms with Crippen molar-refractivity contribution in [3.8, 4) is 0 Å². The van der Waals surface area contributed by atoms with E-state index in [-0.39, 0.29) is 17.4 Å². The molecule has 0 radical (unpaired) electrons. The third-order valence-corrected chi connectivity index (χ3v) is 7.86. The largest absolute Gasteiger partial charge is 0.478 e. The summed E-state index contributed by atoms with van der Waals surface area (Å²) >= 11 is 0. The molecule has 2 heterocycles. The zero-order chi connectivity index (χ0) is 32.6.